The molecule has 0 N–H and O–H groups in total. The molecule has 180 valence electrons. The first-order valence-corrected chi connectivity index (χ1v) is 12.9. The fourth-order valence-corrected chi connectivity index (χ4v) is 5.17. The van der Waals surface area contributed by atoms with Gasteiger partial charge in [0.15, 0.2) is 0 Å². The molecule has 38 heavy (non-hydrogen) atoms. The third kappa shape index (κ3) is 4.03. The van der Waals surface area contributed by atoms with Gasteiger partial charge < -0.3 is 9.32 Å². The molecule has 0 amide bonds. The minimum atomic E-state index is 0.914. The Balaban J connectivity index is 1.25. The maximum Gasteiger partial charge on any atom is 0.136 e. The van der Waals surface area contributed by atoms with Crippen LogP contribution in [0.5, 0.6) is 0 Å². The lowest BCUT2D eigenvalue weighted by Gasteiger charge is -2.26. The minimum Gasteiger partial charge on any atom is -0.456 e. The molecule has 1 heterocycles. The van der Waals surface area contributed by atoms with E-state index in [0.717, 1.165) is 50.1 Å². The van der Waals surface area contributed by atoms with Gasteiger partial charge in [0.1, 0.15) is 11.2 Å². The Morgan fingerprint density at radius 1 is 0.342 bits per heavy atom. The summed E-state index contributed by atoms with van der Waals surface area (Å²) in [5, 5.41) is 2.30. The summed E-state index contributed by atoms with van der Waals surface area (Å²) in [6, 6.07) is 53.2. The summed E-state index contributed by atoms with van der Waals surface area (Å²) in [5.74, 6) is 0. The quantitative estimate of drug-likeness (QED) is 0.240. The maximum atomic E-state index is 6.13. The van der Waals surface area contributed by atoms with E-state index < -0.39 is 0 Å². The van der Waals surface area contributed by atoms with E-state index in [9.17, 15) is 0 Å². The van der Waals surface area contributed by atoms with Crippen molar-refractivity contribution >= 4 is 39.0 Å². The van der Waals surface area contributed by atoms with Crippen LogP contribution in [0, 0.1) is 0 Å². The van der Waals surface area contributed by atoms with Crippen LogP contribution >= 0.6 is 0 Å². The molecule has 0 radical (unpaired) electrons. The highest BCUT2D eigenvalue weighted by molar-refractivity contribution is 6.05. The highest BCUT2D eigenvalue weighted by atomic mass is 16.3. The van der Waals surface area contributed by atoms with Crippen molar-refractivity contribution in [2.75, 3.05) is 4.90 Å². The summed E-state index contributed by atoms with van der Waals surface area (Å²) in [4.78, 5) is 2.29. The lowest BCUT2D eigenvalue weighted by Crippen LogP contribution is -2.09. The first-order chi connectivity index (χ1) is 18.8. The Hall–Kier alpha value is -5.08. The van der Waals surface area contributed by atoms with Crippen molar-refractivity contribution in [3.05, 3.63) is 152 Å². The third-order valence-electron chi connectivity index (χ3n) is 7.08. The number of fused-ring (bicyclic) bond motifs is 3. The first-order valence-electron chi connectivity index (χ1n) is 12.9. The predicted molar refractivity (Wildman–Crippen MR) is 159 cm³/mol. The van der Waals surface area contributed by atoms with E-state index >= 15 is 0 Å². The minimum absolute atomic E-state index is 0.914. The molecule has 0 saturated carbocycles. The van der Waals surface area contributed by atoms with Crippen molar-refractivity contribution in [2.45, 2.75) is 0 Å². The van der Waals surface area contributed by atoms with Gasteiger partial charge in [0, 0.05) is 27.8 Å². The number of anilines is 3. The van der Waals surface area contributed by atoms with Crippen molar-refractivity contribution in [3.8, 4) is 22.3 Å². The average molecular weight is 488 g/mol. The number of para-hydroxylation sites is 2. The van der Waals surface area contributed by atoms with Crippen LogP contribution in [0.15, 0.2) is 156 Å². The lowest BCUT2D eigenvalue weighted by molar-refractivity contribution is 0.669. The number of rotatable bonds is 5. The van der Waals surface area contributed by atoms with Crippen molar-refractivity contribution in [1.29, 1.82) is 0 Å². The van der Waals surface area contributed by atoms with Gasteiger partial charge in [0.25, 0.3) is 0 Å². The number of nitrogens with zero attached hydrogens (tertiary/aromatic N) is 1. The number of hydrogen-bond donors (Lipinski definition) is 0. The largest absolute Gasteiger partial charge is 0.456 e. The van der Waals surface area contributed by atoms with Gasteiger partial charge in [-0.05, 0) is 76.9 Å². The standard InChI is InChI=1S/C36H25NO/c1-3-9-26(10-4-1)27-15-20-31(21-16-27)37(30-11-5-2-6-12-30)32-22-17-28(18-23-32)29-19-24-34-33-13-7-8-14-35(33)38-36(34)25-29/h1-25H. The van der Waals surface area contributed by atoms with Crippen LogP contribution in [-0.2, 0) is 0 Å². The highest BCUT2D eigenvalue weighted by Gasteiger charge is 2.13. The summed E-state index contributed by atoms with van der Waals surface area (Å²) >= 11 is 0. The van der Waals surface area contributed by atoms with Crippen LogP contribution in [0.3, 0.4) is 0 Å². The summed E-state index contributed by atoms with van der Waals surface area (Å²) in [6.07, 6.45) is 0. The van der Waals surface area contributed by atoms with E-state index in [0.29, 0.717) is 0 Å². The van der Waals surface area contributed by atoms with Crippen molar-refractivity contribution in [3.63, 3.8) is 0 Å². The second-order valence-electron chi connectivity index (χ2n) is 9.44. The van der Waals surface area contributed by atoms with E-state index in [1.54, 1.807) is 0 Å². The van der Waals surface area contributed by atoms with Crippen molar-refractivity contribution < 1.29 is 4.42 Å². The first kappa shape index (κ1) is 22.1. The van der Waals surface area contributed by atoms with Crippen LogP contribution in [-0.4, -0.2) is 0 Å². The van der Waals surface area contributed by atoms with Gasteiger partial charge in [-0.15, -0.1) is 0 Å². The average Bonchev–Trinajstić information content (AvgIpc) is 3.37. The van der Waals surface area contributed by atoms with Crippen LogP contribution in [0.25, 0.3) is 44.2 Å². The van der Waals surface area contributed by atoms with E-state index in [4.69, 9.17) is 4.42 Å². The normalized spacial score (nSPS) is 11.2. The Morgan fingerprint density at radius 3 is 1.50 bits per heavy atom. The zero-order valence-corrected chi connectivity index (χ0v) is 20.8. The number of furan rings is 1. The molecule has 0 atom stereocenters. The number of benzene rings is 6. The molecular formula is C36H25NO. The van der Waals surface area contributed by atoms with E-state index in [1.165, 1.54) is 11.1 Å². The molecule has 1 aromatic heterocycles. The SMILES string of the molecule is c1ccc(-c2ccc(N(c3ccccc3)c3ccc(-c4ccc5c(c4)oc4ccccc45)cc3)cc2)cc1. The van der Waals surface area contributed by atoms with Gasteiger partial charge in [-0.1, -0.05) is 97.1 Å². The maximum absolute atomic E-state index is 6.13. The molecule has 0 bridgehead atoms. The third-order valence-corrected chi connectivity index (χ3v) is 7.08. The molecule has 6 aromatic carbocycles. The van der Waals surface area contributed by atoms with Crippen LogP contribution in [0.2, 0.25) is 0 Å². The summed E-state index contributed by atoms with van der Waals surface area (Å²) in [5.41, 5.74) is 9.91. The lowest BCUT2D eigenvalue weighted by atomic mass is 10.0. The van der Waals surface area contributed by atoms with Crippen LogP contribution < -0.4 is 4.90 Å². The summed E-state index contributed by atoms with van der Waals surface area (Å²) in [6.45, 7) is 0. The summed E-state index contributed by atoms with van der Waals surface area (Å²) < 4.78 is 6.13. The van der Waals surface area contributed by atoms with Gasteiger partial charge in [-0.3, -0.25) is 0 Å². The Kier molecular flexibility index (Phi) is 5.49. The molecule has 2 heteroatoms. The van der Waals surface area contributed by atoms with E-state index in [2.05, 4.69) is 138 Å². The Labute approximate surface area is 222 Å². The summed E-state index contributed by atoms with van der Waals surface area (Å²) in [7, 11) is 0. The fraction of sp³-hybridized carbons (Fsp3) is 0. The molecule has 7 aromatic rings. The molecule has 0 fully saturated rings. The molecule has 2 nitrogen and oxygen atoms in total. The zero-order chi connectivity index (χ0) is 25.3. The van der Waals surface area contributed by atoms with Crippen LogP contribution in [0.1, 0.15) is 0 Å². The van der Waals surface area contributed by atoms with Gasteiger partial charge in [0.05, 0.1) is 0 Å². The monoisotopic (exact) mass is 487 g/mol. The molecular weight excluding hydrogens is 462 g/mol. The van der Waals surface area contributed by atoms with Gasteiger partial charge in [-0.2, -0.15) is 0 Å². The topological polar surface area (TPSA) is 16.4 Å². The predicted octanol–water partition coefficient (Wildman–Crippen LogP) is 10.4. The molecule has 0 unspecified atom stereocenters. The van der Waals surface area contributed by atoms with Crippen molar-refractivity contribution in [2.24, 2.45) is 0 Å². The van der Waals surface area contributed by atoms with E-state index in [1.807, 2.05) is 18.2 Å². The van der Waals surface area contributed by atoms with Crippen molar-refractivity contribution in [1.82, 2.24) is 0 Å². The highest BCUT2D eigenvalue weighted by Crippen LogP contribution is 2.37. The Morgan fingerprint density at radius 2 is 0.816 bits per heavy atom. The van der Waals surface area contributed by atoms with Gasteiger partial charge in [-0.25, -0.2) is 0 Å². The zero-order valence-electron chi connectivity index (χ0n) is 20.8. The second kappa shape index (κ2) is 9.42. The molecule has 0 aliphatic rings. The Bertz CT molecular complexity index is 1830. The number of hydrogen-bond acceptors (Lipinski definition) is 2. The molecule has 0 aliphatic heterocycles. The van der Waals surface area contributed by atoms with Gasteiger partial charge in [0.2, 0.25) is 0 Å². The molecule has 0 saturated heterocycles. The molecule has 7 rings (SSSR count). The van der Waals surface area contributed by atoms with E-state index in [-0.39, 0.29) is 0 Å². The van der Waals surface area contributed by atoms with Crippen LogP contribution in [0.4, 0.5) is 17.1 Å². The molecule has 0 spiro atoms. The second-order valence-corrected chi connectivity index (χ2v) is 9.44. The fourth-order valence-electron chi connectivity index (χ4n) is 5.17. The smallest absolute Gasteiger partial charge is 0.136 e. The molecule has 0 aliphatic carbocycles. The van der Waals surface area contributed by atoms with Gasteiger partial charge >= 0.3 is 0 Å².